The Morgan fingerprint density at radius 1 is 1.40 bits per heavy atom. The van der Waals surface area contributed by atoms with Gasteiger partial charge in [0.25, 0.3) is 11.6 Å². The van der Waals surface area contributed by atoms with Gasteiger partial charge in [0.2, 0.25) is 0 Å². The summed E-state index contributed by atoms with van der Waals surface area (Å²) in [6.07, 6.45) is 0. The number of nitro benzene ring substituents is 1. The third kappa shape index (κ3) is 2.92. The number of benzene rings is 1. The number of nitro groups is 1. The second kappa shape index (κ2) is 6.15. The summed E-state index contributed by atoms with van der Waals surface area (Å²) >= 11 is 1.39. The summed E-state index contributed by atoms with van der Waals surface area (Å²) in [5.74, 6) is 0.0451. The van der Waals surface area contributed by atoms with E-state index in [2.05, 4.69) is 5.10 Å². The highest BCUT2D eigenvalue weighted by atomic mass is 32.1. The standard InChI is InChI=1S/C15H11N3O6S/c19-15-17(16-14(24-15)12-2-1-3-25-12)6-9-4-11(18(20)21)5-10-7-22-8-23-13(9)10/h1-5H,6-8H2. The average molecular weight is 361 g/mol. The summed E-state index contributed by atoms with van der Waals surface area (Å²) in [5, 5.41) is 17.1. The minimum Gasteiger partial charge on any atom is -0.467 e. The molecule has 9 nitrogen and oxygen atoms in total. The molecule has 0 atom stereocenters. The van der Waals surface area contributed by atoms with E-state index in [1.54, 1.807) is 6.07 Å². The Bertz CT molecular complexity index is 991. The molecule has 0 amide bonds. The van der Waals surface area contributed by atoms with Crippen LogP contribution in [0.15, 0.2) is 38.9 Å². The summed E-state index contributed by atoms with van der Waals surface area (Å²) < 4.78 is 16.9. The summed E-state index contributed by atoms with van der Waals surface area (Å²) in [6, 6.07) is 6.39. The van der Waals surface area contributed by atoms with Gasteiger partial charge in [0, 0.05) is 23.3 Å². The lowest BCUT2D eigenvalue weighted by atomic mass is 10.1. The molecule has 1 aromatic carbocycles. The Labute approximate surface area is 144 Å². The maximum Gasteiger partial charge on any atom is 0.437 e. The molecule has 3 aromatic rings. The Hall–Kier alpha value is -2.98. The van der Waals surface area contributed by atoms with E-state index >= 15 is 0 Å². The van der Waals surface area contributed by atoms with Crippen molar-refractivity contribution in [3.05, 3.63) is 61.4 Å². The van der Waals surface area contributed by atoms with Crippen LogP contribution in [0.1, 0.15) is 11.1 Å². The molecule has 1 aliphatic rings. The summed E-state index contributed by atoms with van der Waals surface area (Å²) in [4.78, 5) is 23.4. The average Bonchev–Trinajstić information content (AvgIpc) is 3.25. The highest BCUT2D eigenvalue weighted by Crippen LogP contribution is 2.33. The highest BCUT2D eigenvalue weighted by Gasteiger charge is 2.22. The number of rotatable bonds is 4. The molecule has 0 radical (unpaired) electrons. The fourth-order valence-electron chi connectivity index (χ4n) is 2.57. The quantitative estimate of drug-likeness (QED) is 0.518. The van der Waals surface area contributed by atoms with E-state index < -0.39 is 10.7 Å². The van der Waals surface area contributed by atoms with Gasteiger partial charge in [-0.15, -0.1) is 16.4 Å². The molecule has 3 heterocycles. The normalized spacial score (nSPS) is 13.3. The van der Waals surface area contributed by atoms with Crippen molar-refractivity contribution in [1.29, 1.82) is 0 Å². The zero-order chi connectivity index (χ0) is 17.4. The zero-order valence-electron chi connectivity index (χ0n) is 12.7. The number of thiophene rings is 1. The lowest BCUT2D eigenvalue weighted by Crippen LogP contribution is -2.19. The molecule has 0 saturated carbocycles. The largest absolute Gasteiger partial charge is 0.467 e. The first kappa shape index (κ1) is 15.5. The second-order valence-electron chi connectivity index (χ2n) is 5.27. The molecule has 0 N–H and O–H groups in total. The van der Waals surface area contributed by atoms with Gasteiger partial charge in [0.15, 0.2) is 6.79 Å². The number of aromatic nitrogens is 2. The molecule has 0 saturated heterocycles. The number of nitrogens with zero attached hydrogens (tertiary/aromatic N) is 3. The van der Waals surface area contributed by atoms with Crippen molar-refractivity contribution in [2.24, 2.45) is 0 Å². The smallest absolute Gasteiger partial charge is 0.437 e. The van der Waals surface area contributed by atoms with Crippen molar-refractivity contribution in [2.45, 2.75) is 13.2 Å². The zero-order valence-corrected chi connectivity index (χ0v) is 13.5. The molecule has 0 spiro atoms. The van der Waals surface area contributed by atoms with Crippen LogP contribution in [-0.2, 0) is 17.9 Å². The first-order valence-corrected chi connectivity index (χ1v) is 8.12. The van der Waals surface area contributed by atoms with Gasteiger partial charge in [0.1, 0.15) is 5.75 Å². The minimum atomic E-state index is -0.643. The molecule has 2 aromatic heterocycles. The van der Waals surface area contributed by atoms with E-state index in [1.165, 1.54) is 23.5 Å². The van der Waals surface area contributed by atoms with Gasteiger partial charge in [0.05, 0.1) is 23.0 Å². The predicted molar refractivity (Wildman–Crippen MR) is 86.6 cm³/mol. The molecular formula is C15H11N3O6S. The summed E-state index contributed by atoms with van der Waals surface area (Å²) in [7, 11) is 0. The van der Waals surface area contributed by atoms with Crippen molar-refractivity contribution >= 4 is 17.0 Å². The van der Waals surface area contributed by atoms with Crippen molar-refractivity contribution < 1.29 is 18.8 Å². The number of hydrogen-bond donors (Lipinski definition) is 0. The van der Waals surface area contributed by atoms with Crippen LogP contribution in [0.5, 0.6) is 5.75 Å². The molecule has 0 unspecified atom stereocenters. The maximum absolute atomic E-state index is 12.1. The van der Waals surface area contributed by atoms with E-state index in [1.807, 2.05) is 11.4 Å². The number of hydrogen-bond acceptors (Lipinski definition) is 8. The van der Waals surface area contributed by atoms with Crippen molar-refractivity contribution in [3.8, 4) is 16.5 Å². The van der Waals surface area contributed by atoms with Crippen LogP contribution in [0.4, 0.5) is 5.69 Å². The van der Waals surface area contributed by atoms with E-state index in [0.717, 1.165) is 9.56 Å². The molecule has 25 heavy (non-hydrogen) atoms. The molecule has 0 fully saturated rings. The first-order chi connectivity index (χ1) is 12.1. The van der Waals surface area contributed by atoms with Gasteiger partial charge in [-0.3, -0.25) is 10.1 Å². The van der Waals surface area contributed by atoms with Crippen LogP contribution in [-0.4, -0.2) is 21.5 Å². The number of fused-ring (bicyclic) bond motifs is 1. The summed E-state index contributed by atoms with van der Waals surface area (Å²) in [5.41, 5.74) is 0.934. The van der Waals surface area contributed by atoms with Crippen LogP contribution < -0.4 is 10.5 Å². The lowest BCUT2D eigenvalue weighted by molar-refractivity contribution is -0.385. The number of ether oxygens (including phenoxy) is 2. The van der Waals surface area contributed by atoms with Crippen molar-refractivity contribution in [1.82, 2.24) is 9.78 Å². The monoisotopic (exact) mass is 361 g/mol. The Morgan fingerprint density at radius 3 is 3.04 bits per heavy atom. The first-order valence-electron chi connectivity index (χ1n) is 7.24. The molecule has 10 heteroatoms. The van der Waals surface area contributed by atoms with Gasteiger partial charge >= 0.3 is 5.76 Å². The van der Waals surface area contributed by atoms with E-state index in [-0.39, 0.29) is 31.5 Å². The fourth-order valence-corrected chi connectivity index (χ4v) is 3.22. The highest BCUT2D eigenvalue weighted by molar-refractivity contribution is 7.13. The molecule has 0 bridgehead atoms. The molecule has 0 aliphatic carbocycles. The second-order valence-corrected chi connectivity index (χ2v) is 6.22. The van der Waals surface area contributed by atoms with Gasteiger partial charge in [-0.05, 0) is 11.4 Å². The van der Waals surface area contributed by atoms with Crippen LogP contribution in [0.25, 0.3) is 10.8 Å². The SMILES string of the molecule is O=c1oc(-c2cccs2)nn1Cc1cc([N+](=O)[O-])cc2c1OCOC2. The van der Waals surface area contributed by atoms with Gasteiger partial charge in [-0.1, -0.05) is 6.07 Å². The maximum atomic E-state index is 12.1. The van der Waals surface area contributed by atoms with Gasteiger partial charge < -0.3 is 13.9 Å². The predicted octanol–water partition coefficient (Wildman–Crippen LogP) is 2.39. The van der Waals surface area contributed by atoms with Gasteiger partial charge in [-0.25, -0.2) is 4.79 Å². The van der Waals surface area contributed by atoms with Crippen LogP contribution in [0.2, 0.25) is 0 Å². The van der Waals surface area contributed by atoms with Crippen molar-refractivity contribution in [2.75, 3.05) is 6.79 Å². The van der Waals surface area contributed by atoms with Gasteiger partial charge in [-0.2, -0.15) is 4.68 Å². The van der Waals surface area contributed by atoms with E-state index in [0.29, 0.717) is 16.9 Å². The third-order valence-electron chi connectivity index (χ3n) is 3.64. The molecule has 128 valence electrons. The number of non-ortho nitro benzene ring substituents is 1. The van der Waals surface area contributed by atoms with Crippen LogP contribution in [0, 0.1) is 10.1 Å². The van der Waals surface area contributed by atoms with Crippen LogP contribution >= 0.6 is 11.3 Å². The third-order valence-corrected chi connectivity index (χ3v) is 4.50. The van der Waals surface area contributed by atoms with Crippen LogP contribution in [0.3, 0.4) is 0 Å². The summed E-state index contributed by atoms with van der Waals surface area (Å²) in [6.45, 7) is 0.252. The van der Waals surface area contributed by atoms with E-state index in [4.69, 9.17) is 13.9 Å². The molecule has 4 rings (SSSR count). The topological polar surface area (TPSA) is 110 Å². The molecule has 1 aliphatic heterocycles. The van der Waals surface area contributed by atoms with Crippen molar-refractivity contribution in [3.63, 3.8) is 0 Å². The Kier molecular flexibility index (Phi) is 3.82. The lowest BCUT2D eigenvalue weighted by Gasteiger charge is -2.20. The molecular weight excluding hydrogens is 350 g/mol. The van der Waals surface area contributed by atoms with E-state index in [9.17, 15) is 14.9 Å². The minimum absolute atomic E-state index is 0.00226. The Morgan fingerprint density at radius 2 is 2.28 bits per heavy atom. The Balaban J connectivity index is 1.74. The fraction of sp³-hybridized carbons (Fsp3) is 0.200.